The molecule has 1 aliphatic rings. The summed E-state index contributed by atoms with van der Waals surface area (Å²) in [6.07, 6.45) is 2.70. The molecule has 0 atom stereocenters. The molecule has 1 fully saturated rings. The second-order valence-corrected chi connectivity index (χ2v) is 5.43. The number of aliphatic imine (C=N–C) groups is 1. The van der Waals surface area contributed by atoms with E-state index in [1.54, 1.807) is 0 Å². The molecule has 4 nitrogen and oxygen atoms in total. The first-order valence-electron chi connectivity index (χ1n) is 8.00. The Morgan fingerprint density at radius 3 is 2.62 bits per heavy atom. The van der Waals surface area contributed by atoms with Crippen LogP contribution in [-0.4, -0.2) is 25.7 Å². The Kier molecular flexibility index (Phi) is 6.54. The molecular weight excluding hydrogens is 262 g/mol. The van der Waals surface area contributed by atoms with Gasteiger partial charge in [0.1, 0.15) is 0 Å². The van der Waals surface area contributed by atoms with E-state index in [0.717, 1.165) is 31.6 Å². The van der Waals surface area contributed by atoms with Gasteiger partial charge < -0.3 is 15.4 Å². The van der Waals surface area contributed by atoms with Crippen molar-refractivity contribution in [3.63, 3.8) is 0 Å². The number of ether oxygens (including phenoxy) is 1. The molecule has 1 aromatic carbocycles. The van der Waals surface area contributed by atoms with E-state index in [2.05, 4.69) is 41.8 Å². The first-order chi connectivity index (χ1) is 10.3. The van der Waals surface area contributed by atoms with Crippen LogP contribution in [0.2, 0.25) is 0 Å². The molecule has 0 spiro atoms. The Bertz CT molecular complexity index is 455. The van der Waals surface area contributed by atoms with E-state index >= 15 is 0 Å². The molecule has 0 radical (unpaired) electrons. The van der Waals surface area contributed by atoms with Gasteiger partial charge in [-0.1, -0.05) is 24.3 Å². The lowest BCUT2D eigenvalue weighted by molar-refractivity contribution is 0.133. The fourth-order valence-corrected chi connectivity index (χ4v) is 2.13. The van der Waals surface area contributed by atoms with Gasteiger partial charge in [-0.3, -0.25) is 0 Å². The maximum atomic E-state index is 5.52. The van der Waals surface area contributed by atoms with E-state index in [1.165, 1.54) is 24.0 Å². The summed E-state index contributed by atoms with van der Waals surface area (Å²) in [5.74, 6) is 1.76. The SMILES string of the molecule is CCNC(=NCc1ccccc1COCC)NCC1CC1. The molecule has 0 heterocycles. The van der Waals surface area contributed by atoms with Crippen molar-refractivity contribution in [2.75, 3.05) is 19.7 Å². The second kappa shape index (κ2) is 8.67. The molecule has 0 bridgehead atoms. The van der Waals surface area contributed by atoms with Gasteiger partial charge in [0.05, 0.1) is 13.2 Å². The molecule has 0 aromatic heterocycles. The Morgan fingerprint density at radius 2 is 1.95 bits per heavy atom. The molecule has 1 aromatic rings. The van der Waals surface area contributed by atoms with Crippen LogP contribution in [0.4, 0.5) is 0 Å². The van der Waals surface area contributed by atoms with Crippen LogP contribution < -0.4 is 10.6 Å². The zero-order valence-electron chi connectivity index (χ0n) is 13.2. The zero-order chi connectivity index (χ0) is 14.9. The van der Waals surface area contributed by atoms with Crippen LogP contribution >= 0.6 is 0 Å². The lowest BCUT2D eigenvalue weighted by Gasteiger charge is -2.12. The fraction of sp³-hybridized carbons (Fsp3) is 0.588. The summed E-state index contributed by atoms with van der Waals surface area (Å²) in [5.41, 5.74) is 2.45. The molecule has 0 saturated heterocycles. The Morgan fingerprint density at radius 1 is 1.19 bits per heavy atom. The van der Waals surface area contributed by atoms with Gasteiger partial charge in [0.15, 0.2) is 5.96 Å². The fourth-order valence-electron chi connectivity index (χ4n) is 2.13. The summed E-state index contributed by atoms with van der Waals surface area (Å²) in [7, 11) is 0. The van der Waals surface area contributed by atoms with Gasteiger partial charge in [-0.15, -0.1) is 0 Å². The van der Waals surface area contributed by atoms with Gasteiger partial charge in [-0.05, 0) is 43.7 Å². The standard InChI is InChI=1S/C17H27N3O/c1-3-18-17(19-11-14-9-10-14)20-12-15-7-5-6-8-16(15)13-21-4-2/h5-8,14H,3-4,9-13H2,1-2H3,(H2,18,19,20). The lowest BCUT2D eigenvalue weighted by Crippen LogP contribution is -2.38. The molecule has 2 N–H and O–H groups in total. The van der Waals surface area contributed by atoms with Crippen molar-refractivity contribution in [2.24, 2.45) is 10.9 Å². The molecule has 1 saturated carbocycles. The molecule has 21 heavy (non-hydrogen) atoms. The van der Waals surface area contributed by atoms with Crippen LogP contribution in [0, 0.1) is 5.92 Å². The zero-order valence-corrected chi connectivity index (χ0v) is 13.2. The third-order valence-electron chi connectivity index (χ3n) is 3.59. The number of guanidine groups is 1. The van der Waals surface area contributed by atoms with Crippen LogP contribution in [0.25, 0.3) is 0 Å². The number of nitrogens with zero attached hydrogens (tertiary/aromatic N) is 1. The predicted octanol–water partition coefficient (Wildman–Crippen LogP) is 2.69. The Hall–Kier alpha value is -1.55. The maximum Gasteiger partial charge on any atom is 0.191 e. The molecule has 0 aliphatic heterocycles. The van der Waals surface area contributed by atoms with Crippen molar-refractivity contribution < 1.29 is 4.74 Å². The highest BCUT2D eigenvalue weighted by Gasteiger charge is 2.21. The van der Waals surface area contributed by atoms with Gasteiger partial charge in [0.25, 0.3) is 0 Å². The summed E-state index contributed by atoms with van der Waals surface area (Å²) in [6.45, 7) is 8.12. The van der Waals surface area contributed by atoms with E-state index in [0.29, 0.717) is 13.2 Å². The van der Waals surface area contributed by atoms with Crippen molar-refractivity contribution in [1.82, 2.24) is 10.6 Å². The topological polar surface area (TPSA) is 45.7 Å². The average molecular weight is 289 g/mol. The Balaban J connectivity index is 1.94. The molecule has 2 rings (SSSR count). The predicted molar refractivity (Wildman–Crippen MR) is 87.3 cm³/mol. The maximum absolute atomic E-state index is 5.52. The van der Waals surface area contributed by atoms with Crippen LogP contribution in [0.1, 0.15) is 37.8 Å². The molecule has 1 aliphatic carbocycles. The lowest BCUT2D eigenvalue weighted by atomic mass is 10.1. The Labute approximate surface area is 128 Å². The van der Waals surface area contributed by atoms with Crippen molar-refractivity contribution >= 4 is 5.96 Å². The summed E-state index contributed by atoms with van der Waals surface area (Å²) in [6, 6.07) is 8.36. The average Bonchev–Trinajstić information content (AvgIpc) is 3.33. The van der Waals surface area contributed by atoms with Gasteiger partial charge in [-0.2, -0.15) is 0 Å². The minimum absolute atomic E-state index is 0.661. The second-order valence-electron chi connectivity index (χ2n) is 5.43. The smallest absolute Gasteiger partial charge is 0.191 e. The minimum Gasteiger partial charge on any atom is -0.377 e. The molecule has 0 unspecified atom stereocenters. The van der Waals surface area contributed by atoms with Crippen molar-refractivity contribution in [2.45, 2.75) is 39.8 Å². The number of nitrogens with one attached hydrogen (secondary N) is 2. The molecule has 116 valence electrons. The van der Waals surface area contributed by atoms with Crippen LogP contribution in [0.3, 0.4) is 0 Å². The first-order valence-corrected chi connectivity index (χ1v) is 8.00. The van der Waals surface area contributed by atoms with Gasteiger partial charge in [0, 0.05) is 19.7 Å². The number of benzene rings is 1. The number of rotatable bonds is 8. The van der Waals surface area contributed by atoms with Crippen LogP contribution in [0.15, 0.2) is 29.3 Å². The molecule has 0 amide bonds. The summed E-state index contributed by atoms with van der Waals surface area (Å²) in [5, 5.41) is 6.73. The highest BCUT2D eigenvalue weighted by Crippen LogP contribution is 2.27. The monoisotopic (exact) mass is 289 g/mol. The van der Waals surface area contributed by atoms with Crippen molar-refractivity contribution in [3.05, 3.63) is 35.4 Å². The van der Waals surface area contributed by atoms with Crippen LogP contribution in [0.5, 0.6) is 0 Å². The van der Waals surface area contributed by atoms with Gasteiger partial charge in [-0.25, -0.2) is 4.99 Å². The van der Waals surface area contributed by atoms with E-state index in [1.807, 2.05) is 6.92 Å². The van der Waals surface area contributed by atoms with Gasteiger partial charge in [0.2, 0.25) is 0 Å². The van der Waals surface area contributed by atoms with E-state index in [4.69, 9.17) is 9.73 Å². The molecular formula is C17H27N3O. The minimum atomic E-state index is 0.661. The highest BCUT2D eigenvalue weighted by molar-refractivity contribution is 5.79. The third kappa shape index (κ3) is 5.76. The van der Waals surface area contributed by atoms with E-state index < -0.39 is 0 Å². The van der Waals surface area contributed by atoms with Crippen molar-refractivity contribution in [1.29, 1.82) is 0 Å². The first kappa shape index (κ1) is 15.8. The van der Waals surface area contributed by atoms with Crippen LogP contribution in [-0.2, 0) is 17.9 Å². The van der Waals surface area contributed by atoms with E-state index in [-0.39, 0.29) is 0 Å². The number of hydrogen-bond acceptors (Lipinski definition) is 2. The molecule has 4 heteroatoms. The normalized spacial score (nSPS) is 15.0. The summed E-state index contributed by atoms with van der Waals surface area (Å²) >= 11 is 0. The largest absolute Gasteiger partial charge is 0.377 e. The number of hydrogen-bond donors (Lipinski definition) is 2. The van der Waals surface area contributed by atoms with Gasteiger partial charge >= 0.3 is 0 Å². The van der Waals surface area contributed by atoms with E-state index in [9.17, 15) is 0 Å². The third-order valence-corrected chi connectivity index (χ3v) is 3.59. The summed E-state index contributed by atoms with van der Waals surface area (Å²) < 4.78 is 5.52. The highest BCUT2D eigenvalue weighted by atomic mass is 16.5. The quantitative estimate of drug-likeness (QED) is 0.571. The van der Waals surface area contributed by atoms with Crippen molar-refractivity contribution in [3.8, 4) is 0 Å². The summed E-state index contributed by atoms with van der Waals surface area (Å²) in [4.78, 5) is 4.69.